The monoisotopic (exact) mass is 393 g/mol. The van der Waals surface area contributed by atoms with Crippen molar-refractivity contribution < 1.29 is 17.2 Å². The number of fused-ring (bicyclic) bond motifs is 1. The summed E-state index contributed by atoms with van der Waals surface area (Å²) in [7, 11) is -4.24. The molecule has 0 aliphatic rings. The molecule has 2 aromatic carbocycles. The number of aromatic nitrogens is 2. The van der Waals surface area contributed by atoms with Crippen LogP contribution in [0.4, 0.5) is 8.78 Å². The van der Waals surface area contributed by atoms with Gasteiger partial charge in [-0.15, -0.1) is 0 Å². The van der Waals surface area contributed by atoms with E-state index in [0.29, 0.717) is 16.8 Å². The average Bonchev–Trinajstić information content (AvgIpc) is 2.60. The number of nitrogens with zero attached hydrogens (tertiary/aromatic N) is 2. The molecule has 0 unspecified atom stereocenters. The van der Waals surface area contributed by atoms with Gasteiger partial charge in [-0.2, -0.15) is 5.10 Å². The van der Waals surface area contributed by atoms with Gasteiger partial charge >= 0.3 is 0 Å². The van der Waals surface area contributed by atoms with Crippen molar-refractivity contribution in [3.8, 4) is 0 Å². The zero-order valence-corrected chi connectivity index (χ0v) is 15.4. The summed E-state index contributed by atoms with van der Waals surface area (Å²) >= 11 is 0. The summed E-state index contributed by atoms with van der Waals surface area (Å²) < 4.78 is 55.6. The van der Waals surface area contributed by atoms with Crippen molar-refractivity contribution in [2.24, 2.45) is 0 Å². The zero-order valence-electron chi connectivity index (χ0n) is 14.6. The van der Waals surface area contributed by atoms with Crippen LogP contribution in [0.1, 0.15) is 12.5 Å². The van der Waals surface area contributed by atoms with Gasteiger partial charge in [0.1, 0.15) is 16.5 Å². The lowest BCUT2D eigenvalue weighted by molar-refractivity contribution is 0.477. The third-order valence-electron chi connectivity index (χ3n) is 4.07. The van der Waals surface area contributed by atoms with Crippen LogP contribution in [-0.2, 0) is 16.6 Å². The van der Waals surface area contributed by atoms with Gasteiger partial charge in [-0.25, -0.2) is 26.6 Å². The highest BCUT2D eigenvalue weighted by molar-refractivity contribution is 7.89. The van der Waals surface area contributed by atoms with Gasteiger partial charge < -0.3 is 0 Å². The number of nitrogens with one attached hydrogen (secondary N) is 1. The Labute approximate surface area is 154 Å². The molecule has 142 valence electrons. The lowest BCUT2D eigenvalue weighted by atomic mass is 10.2. The summed E-state index contributed by atoms with van der Waals surface area (Å²) in [6.45, 7) is 2.82. The Kier molecular flexibility index (Phi) is 5.07. The molecule has 0 saturated heterocycles. The molecule has 1 heterocycles. The summed E-state index contributed by atoms with van der Waals surface area (Å²) in [5.41, 5.74) is -0.347. The van der Waals surface area contributed by atoms with E-state index in [1.807, 2.05) is 0 Å². The number of halogens is 2. The second-order valence-electron chi connectivity index (χ2n) is 6.27. The van der Waals surface area contributed by atoms with Gasteiger partial charge in [-0.1, -0.05) is 18.2 Å². The predicted octanol–water partition coefficient (Wildman–Crippen LogP) is 2.35. The first kappa shape index (κ1) is 19.1. The van der Waals surface area contributed by atoms with E-state index in [1.54, 1.807) is 24.3 Å². The van der Waals surface area contributed by atoms with E-state index in [1.165, 1.54) is 20.0 Å². The Balaban J connectivity index is 1.85. The van der Waals surface area contributed by atoms with Crippen molar-refractivity contribution in [3.63, 3.8) is 0 Å². The number of hydrogen-bond acceptors (Lipinski definition) is 4. The van der Waals surface area contributed by atoms with Crippen LogP contribution in [0.5, 0.6) is 0 Å². The number of benzene rings is 2. The number of hydrogen-bond donors (Lipinski definition) is 1. The van der Waals surface area contributed by atoms with Crippen molar-refractivity contribution in [2.75, 3.05) is 0 Å². The molecule has 3 rings (SSSR count). The van der Waals surface area contributed by atoms with Crippen LogP contribution in [0.15, 0.2) is 52.3 Å². The molecule has 0 aliphatic carbocycles. The molecule has 3 aromatic rings. The fourth-order valence-corrected chi connectivity index (χ4v) is 4.10. The fraction of sp³-hybridized carbons (Fsp3) is 0.222. The standard InChI is InChI=1S/C18H17F2N3O3S/c1-11-7-17(16(20)8-15(11)19)27(25,26)22-12(2)10-23-18(24)14-6-4-3-5-13(14)9-21-23/h3-9,12,22H,10H2,1-2H3/t12-/m1/s1. The molecule has 0 radical (unpaired) electrons. The van der Waals surface area contributed by atoms with Crippen molar-refractivity contribution in [3.05, 3.63) is 70.1 Å². The molecule has 1 atom stereocenters. The first-order chi connectivity index (χ1) is 12.7. The summed E-state index contributed by atoms with van der Waals surface area (Å²) in [4.78, 5) is 11.8. The maximum Gasteiger partial charge on any atom is 0.274 e. The van der Waals surface area contributed by atoms with Gasteiger partial charge in [-0.05, 0) is 31.5 Å². The van der Waals surface area contributed by atoms with E-state index in [4.69, 9.17) is 0 Å². The highest BCUT2D eigenvalue weighted by atomic mass is 32.2. The average molecular weight is 393 g/mol. The van der Waals surface area contributed by atoms with Crippen LogP contribution in [0.3, 0.4) is 0 Å². The van der Waals surface area contributed by atoms with Gasteiger partial charge in [0, 0.05) is 17.5 Å². The van der Waals surface area contributed by atoms with Crippen molar-refractivity contribution in [2.45, 2.75) is 31.3 Å². The van der Waals surface area contributed by atoms with Crippen LogP contribution >= 0.6 is 0 Å². The van der Waals surface area contributed by atoms with E-state index >= 15 is 0 Å². The highest BCUT2D eigenvalue weighted by Gasteiger charge is 2.23. The van der Waals surface area contributed by atoms with Gasteiger partial charge in [0.2, 0.25) is 10.0 Å². The Hall–Kier alpha value is -2.65. The van der Waals surface area contributed by atoms with Gasteiger partial charge in [-0.3, -0.25) is 4.79 Å². The lowest BCUT2D eigenvalue weighted by Crippen LogP contribution is -2.39. The molecule has 0 fully saturated rings. The summed E-state index contributed by atoms with van der Waals surface area (Å²) in [5, 5.41) is 5.18. The van der Waals surface area contributed by atoms with E-state index < -0.39 is 32.6 Å². The van der Waals surface area contributed by atoms with Crippen LogP contribution in [0.2, 0.25) is 0 Å². The maximum absolute atomic E-state index is 13.9. The molecule has 9 heteroatoms. The molecule has 0 bridgehead atoms. The normalized spacial score (nSPS) is 13.0. The van der Waals surface area contributed by atoms with Crippen LogP contribution in [-0.4, -0.2) is 24.2 Å². The minimum absolute atomic E-state index is 0.0110. The molecule has 0 aliphatic heterocycles. The van der Waals surface area contributed by atoms with Gasteiger partial charge in [0.05, 0.1) is 18.1 Å². The molecule has 0 spiro atoms. The Morgan fingerprint density at radius 2 is 1.89 bits per heavy atom. The Morgan fingerprint density at radius 3 is 2.63 bits per heavy atom. The minimum atomic E-state index is -4.24. The molecule has 0 amide bonds. The lowest BCUT2D eigenvalue weighted by Gasteiger charge is -2.16. The summed E-state index contributed by atoms with van der Waals surface area (Å²) in [6, 6.07) is 7.61. The molecule has 27 heavy (non-hydrogen) atoms. The molecular formula is C18H17F2N3O3S. The topological polar surface area (TPSA) is 81.1 Å². The number of rotatable bonds is 5. The second kappa shape index (κ2) is 7.16. The Morgan fingerprint density at radius 1 is 1.19 bits per heavy atom. The van der Waals surface area contributed by atoms with E-state index in [-0.39, 0.29) is 17.7 Å². The van der Waals surface area contributed by atoms with Crippen molar-refractivity contribution in [1.29, 1.82) is 0 Å². The summed E-state index contributed by atoms with van der Waals surface area (Å²) in [5.74, 6) is -2.01. The highest BCUT2D eigenvalue weighted by Crippen LogP contribution is 2.19. The largest absolute Gasteiger partial charge is 0.274 e. The SMILES string of the molecule is Cc1cc(S(=O)(=O)N[C@H](C)Cn2ncc3ccccc3c2=O)c(F)cc1F. The second-order valence-corrected chi connectivity index (χ2v) is 7.96. The van der Waals surface area contributed by atoms with Gasteiger partial charge in [0.25, 0.3) is 5.56 Å². The minimum Gasteiger partial charge on any atom is -0.267 e. The van der Waals surface area contributed by atoms with E-state index in [0.717, 1.165) is 10.7 Å². The molecular weight excluding hydrogens is 376 g/mol. The molecule has 6 nitrogen and oxygen atoms in total. The van der Waals surface area contributed by atoms with Crippen LogP contribution in [0, 0.1) is 18.6 Å². The molecule has 1 N–H and O–H groups in total. The predicted molar refractivity (Wildman–Crippen MR) is 96.9 cm³/mol. The fourth-order valence-electron chi connectivity index (χ4n) is 2.72. The number of aryl methyl sites for hydroxylation is 1. The van der Waals surface area contributed by atoms with E-state index in [2.05, 4.69) is 9.82 Å². The maximum atomic E-state index is 13.9. The van der Waals surface area contributed by atoms with Crippen molar-refractivity contribution >= 4 is 20.8 Å². The van der Waals surface area contributed by atoms with Gasteiger partial charge in [0.15, 0.2) is 0 Å². The zero-order chi connectivity index (χ0) is 19.8. The first-order valence-corrected chi connectivity index (χ1v) is 9.60. The smallest absolute Gasteiger partial charge is 0.267 e. The first-order valence-electron chi connectivity index (χ1n) is 8.12. The Bertz CT molecular complexity index is 1180. The van der Waals surface area contributed by atoms with Crippen LogP contribution in [0.25, 0.3) is 10.8 Å². The summed E-state index contributed by atoms with van der Waals surface area (Å²) in [6.07, 6.45) is 1.51. The molecule has 0 saturated carbocycles. The quantitative estimate of drug-likeness (QED) is 0.722. The van der Waals surface area contributed by atoms with E-state index in [9.17, 15) is 22.0 Å². The molecule has 1 aromatic heterocycles. The van der Waals surface area contributed by atoms with Crippen LogP contribution < -0.4 is 10.3 Å². The number of sulfonamides is 1. The third-order valence-corrected chi connectivity index (χ3v) is 5.67. The third kappa shape index (κ3) is 3.88. The van der Waals surface area contributed by atoms with Crippen molar-refractivity contribution in [1.82, 2.24) is 14.5 Å².